The molecule has 0 spiro atoms. The minimum atomic E-state index is -4.16. The van der Waals surface area contributed by atoms with E-state index in [-0.39, 0.29) is 16.3 Å². The normalized spacial score (nSPS) is 11.8. The second kappa shape index (κ2) is 8.73. The summed E-state index contributed by atoms with van der Waals surface area (Å²) < 4.78 is 33.3. The molecule has 0 amide bonds. The van der Waals surface area contributed by atoms with Crippen molar-refractivity contribution in [3.63, 3.8) is 0 Å². The molecule has 4 aromatic rings. The van der Waals surface area contributed by atoms with Gasteiger partial charge >= 0.3 is 0 Å². The highest BCUT2D eigenvalue weighted by atomic mass is 32.2. The molecule has 164 valence electrons. The molecular formula is C25H19N3O4S. The van der Waals surface area contributed by atoms with Crippen LogP contribution in [0.4, 0.5) is 0 Å². The highest BCUT2D eigenvalue weighted by Gasteiger charge is 2.23. The van der Waals surface area contributed by atoms with Gasteiger partial charge in [-0.15, -0.1) is 0 Å². The molecule has 2 aromatic carbocycles. The Morgan fingerprint density at radius 3 is 2.27 bits per heavy atom. The summed E-state index contributed by atoms with van der Waals surface area (Å²) in [4.78, 5) is 17.0. The maximum absolute atomic E-state index is 13.2. The molecule has 2 aromatic heterocycles. The second-order valence-electron chi connectivity index (χ2n) is 7.42. The van der Waals surface area contributed by atoms with Gasteiger partial charge in [-0.1, -0.05) is 41.5 Å². The van der Waals surface area contributed by atoms with E-state index in [0.29, 0.717) is 11.4 Å². The van der Waals surface area contributed by atoms with Gasteiger partial charge in [0, 0.05) is 6.20 Å². The number of nitrogens with zero attached hydrogens (tertiary/aromatic N) is 3. The fourth-order valence-electron chi connectivity index (χ4n) is 3.15. The van der Waals surface area contributed by atoms with Gasteiger partial charge in [-0.25, -0.2) is 8.42 Å². The van der Waals surface area contributed by atoms with E-state index in [4.69, 9.17) is 4.74 Å². The van der Waals surface area contributed by atoms with Crippen LogP contribution in [-0.4, -0.2) is 17.8 Å². The van der Waals surface area contributed by atoms with Crippen molar-refractivity contribution < 1.29 is 13.2 Å². The molecule has 0 aliphatic rings. The standard InChI is InChI=1S/C25H19N3O4S/c1-17-6-10-19(11-7-17)32-24-22(25(29)28-14-4-3-5-23(28)27-24)15-21(16-26)33(30,31)20-12-8-18(2)9-13-20/h3-15H,1-2H3. The van der Waals surface area contributed by atoms with Crippen LogP contribution in [0.5, 0.6) is 11.6 Å². The maximum Gasteiger partial charge on any atom is 0.269 e. The molecule has 0 N–H and O–H groups in total. The predicted octanol–water partition coefficient (Wildman–Crippen LogP) is 4.44. The average Bonchev–Trinajstić information content (AvgIpc) is 2.80. The summed E-state index contributed by atoms with van der Waals surface area (Å²) in [7, 11) is -4.16. The summed E-state index contributed by atoms with van der Waals surface area (Å²) >= 11 is 0. The second-order valence-corrected chi connectivity index (χ2v) is 9.33. The number of sulfone groups is 1. The number of benzene rings is 2. The van der Waals surface area contributed by atoms with Crippen LogP contribution in [0.25, 0.3) is 11.7 Å². The van der Waals surface area contributed by atoms with Crippen LogP contribution in [0.3, 0.4) is 0 Å². The van der Waals surface area contributed by atoms with Gasteiger partial charge in [-0.05, 0) is 56.3 Å². The molecule has 0 unspecified atom stereocenters. The molecule has 0 radical (unpaired) electrons. The van der Waals surface area contributed by atoms with Crippen molar-refractivity contribution in [1.82, 2.24) is 9.38 Å². The molecule has 7 nitrogen and oxygen atoms in total. The van der Waals surface area contributed by atoms with Crippen molar-refractivity contribution in [3.05, 3.63) is 105 Å². The topological polar surface area (TPSA) is 102 Å². The van der Waals surface area contributed by atoms with E-state index in [1.54, 1.807) is 48.5 Å². The molecule has 0 aliphatic heterocycles. The minimum Gasteiger partial charge on any atom is -0.438 e. The van der Waals surface area contributed by atoms with E-state index in [2.05, 4.69) is 4.98 Å². The summed E-state index contributed by atoms with van der Waals surface area (Å²) in [5.41, 5.74) is 1.51. The first-order chi connectivity index (χ1) is 15.8. The molecule has 0 saturated heterocycles. The van der Waals surface area contributed by atoms with Crippen LogP contribution in [0.2, 0.25) is 0 Å². The molecule has 0 fully saturated rings. The van der Waals surface area contributed by atoms with E-state index >= 15 is 0 Å². The van der Waals surface area contributed by atoms with E-state index in [0.717, 1.165) is 17.2 Å². The van der Waals surface area contributed by atoms with E-state index in [1.807, 2.05) is 26.0 Å². The fourth-order valence-corrected chi connectivity index (χ4v) is 4.29. The Morgan fingerprint density at radius 2 is 1.64 bits per heavy atom. The van der Waals surface area contributed by atoms with Gasteiger partial charge in [0.15, 0.2) is 0 Å². The maximum atomic E-state index is 13.2. The summed E-state index contributed by atoms with van der Waals surface area (Å²) in [6, 6.07) is 19.9. The molecule has 0 bridgehead atoms. The lowest BCUT2D eigenvalue weighted by atomic mass is 10.2. The van der Waals surface area contributed by atoms with E-state index < -0.39 is 20.3 Å². The van der Waals surface area contributed by atoms with Gasteiger partial charge in [0.1, 0.15) is 27.9 Å². The van der Waals surface area contributed by atoms with Gasteiger partial charge < -0.3 is 4.74 Å². The largest absolute Gasteiger partial charge is 0.438 e. The lowest BCUT2D eigenvalue weighted by Gasteiger charge is -2.11. The SMILES string of the molecule is Cc1ccc(Oc2nc3ccccn3c(=O)c2C=C(C#N)S(=O)(=O)c2ccc(C)cc2)cc1. The summed E-state index contributed by atoms with van der Waals surface area (Å²) in [5, 5.41) is 9.69. The van der Waals surface area contributed by atoms with Gasteiger partial charge in [-0.3, -0.25) is 9.20 Å². The monoisotopic (exact) mass is 457 g/mol. The Hall–Kier alpha value is -4.22. The quantitative estimate of drug-likeness (QED) is 0.411. The van der Waals surface area contributed by atoms with Crippen molar-refractivity contribution >= 4 is 21.6 Å². The van der Waals surface area contributed by atoms with Crippen molar-refractivity contribution in [2.75, 3.05) is 0 Å². The third-order valence-electron chi connectivity index (χ3n) is 4.98. The summed E-state index contributed by atoms with van der Waals surface area (Å²) in [6.45, 7) is 3.75. The number of aromatic nitrogens is 2. The van der Waals surface area contributed by atoms with Crippen molar-refractivity contribution in [3.8, 4) is 17.7 Å². The summed E-state index contributed by atoms with van der Waals surface area (Å²) in [5.74, 6) is 0.323. The Balaban J connectivity index is 1.92. The first-order valence-corrected chi connectivity index (χ1v) is 11.5. The molecule has 0 atom stereocenters. The molecule has 2 heterocycles. The highest BCUT2D eigenvalue weighted by Crippen LogP contribution is 2.27. The highest BCUT2D eigenvalue weighted by molar-refractivity contribution is 7.95. The number of pyridine rings is 1. The van der Waals surface area contributed by atoms with Gasteiger partial charge in [-0.2, -0.15) is 10.2 Å². The van der Waals surface area contributed by atoms with Gasteiger partial charge in [0.2, 0.25) is 15.7 Å². The third-order valence-corrected chi connectivity index (χ3v) is 6.66. The first-order valence-electron chi connectivity index (χ1n) is 9.99. The zero-order valence-electron chi connectivity index (χ0n) is 17.9. The average molecular weight is 458 g/mol. The molecule has 4 rings (SSSR count). The first kappa shape index (κ1) is 22.0. The Morgan fingerprint density at radius 1 is 1.00 bits per heavy atom. The van der Waals surface area contributed by atoms with Crippen LogP contribution < -0.4 is 10.3 Å². The van der Waals surface area contributed by atoms with E-state index in [1.165, 1.54) is 22.7 Å². The van der Waals surface area contributed by atoms with Crippen molar-refractivity contribution in [1.29, 1.82) is 5.26 Å². The molecular weight excluding hydrogens is 438 g/mol. The number of hydrogen-bond donors (Lipinski definition) is 0. The number of fused-ring (bicyclic) bond motifs is 1. The lowest BCUT2D eigenvalue weighted by Crippen LogP contribution is -2.19. The number of nitriles is 1. The number of allylic oxidation sites excluding steroid dienone is 1. The van der Waals surface area contributed by atoms with Crippen molar-refractivity contribution in [2.45, 2.75) is 18.7 Å². The van der Waals surface area contributed by atoms with Crippen LogP contribution in [0, 0.1) is 25.2 Å². The van der Waals surface area contributed by atoms with Crippen LogP contribution in [-0.2, 0) is 9.84 Å². The number of aryl methyl sites for hydroxylation is 2. The zero-order valence-corrected chi connectivity index (χ0v) is 18.7. The molecule has 8 heteroatoms. The van der Waals surface area contributed by atoms with Crippen LogP contribution >= 0.6 is 0 Å². The number of ether oxygens (including phenoxy) is 1. The fraction of sp³-hybridized carbons (Fsp3) is 0.0800. The van der Waals surface area contributed by atoms with Gasteiger partial charge in [0.05, 0.1) is 4.90 Å². The Labute approximate surface area is 190 Å². The molecule has 33 heavy (non-hydrogen) atoms. The smallest absolute Gasteiger partial charge is 0.269 e. The van der Waals surface area contributed by atoms with Gasteiger partial charge in [0.25, 0.3) is 5.56 Å². The van der Waals surface area contributed by atoms with Crippen LogP contribution in [0.1, 0.15) is 16.7 Å². The predicted molar refractivity (Wildman–Crippen MR) is 125 cm³/mol. The van der Waals surface area contributed by atoms with E-state index in [9.17, 15) is 18.5 Å². The third kappa shape index (κ3) is 4.40. The molecule has 0 saturated carbocycles. The lowest BCUT2D eigenvalue weighted by molar-refractivity contribution is 0.461. The van der Waals surface area contributed by atoms with Crippen LogP contribution in [0.15, 0.2) is 87.5 Å². The summed E-state index contributed by atoms with van der Waals surface area (Å²) in [6.07, 6.45) is 2.53. The Kier molecular flexibility index (Phi) is 5.82. The van der Waals surface area contributed by atoms with Crippen molar-refractivity contribution in [2.24, 2.45) is 0 Å². The molecule has 0 aliphatic carbocycles. The zero-order chi connectivity index (χ0) is 23.6. The Bertz CT molecular complexity index is 1580. The number of rotatable bonds is 5. The minimum absolute atomic E-state index is 0.0456. The number of hydrogen-bond acceptors (Lipinski definition) is 6.